The predicted molar refractivity (Wildman–Crippen MR) is 101 cm³/mol. The van der Waals surface area contributed by atoms with Crippen LogP contribution in [0.25, 0.3) is 0 Å². The van der Waals surface area contributed by atoms with E-state index in [1.165, 1.54) is 0 Å². The Kier molecular flexibility index (Phi) is 9.54. The van der Waals surface area contributed by atoms with Crippen molar-refractivity contribution in [1.82, 2.24) is 0 Å². The molecule has 0 saturated carbocycles. The van der Waals surface area contributed by atoms with E-state index in [1.807, 2.05) is 0 Å². The predicted octanol–water partition coefficient (Wildman–Crippen LogP) is -7.57. The van der Waals surface area contributed by atoms with Crippen molar-refractivity contribution in [3.8, 4) is 0 Å². The maximum Gasteiger partial charge on any atom is 0.186 e. The lowest BCUT2D eigenvalue weighted by atomic mass is 9.98. The number of aliphatic hydroxyl groups is 11. The van der Waals surface area contributed by atoms with Gasteiger partial charge in [0.1, 0.15) is 73.2 Å². The lowest BCUT2D eigenvalue weighted by molar-refractivity contribution is -0.340. The van der Waals surface area contributed by atoms with E-state index < -0.39 is 112 Å². The van der Waals surface area contributed by atoms with Gasteiger partial charge in [-0.3, -0.25) is 0 Å². The van der Waals surface area contributed by atoms with Gasteiger partial charge in [-0.2, -0.15) is 0 Å². The topological polar surface area (TPSA) is 269 Å². The normalized spacial score (nSPS) is 52.5. The Morgan fingerprint density at radius 1 is 0.441 bits per heavy atom. The molecule has 3 saturated heterocycles. The highest BCUT2D eigenvalue weighted by Crippen LogP contribution is 2.27. The second-order valence-corrected chi connectivity index (χ2v) is 8.42. The van der Waals surface area contributed by atoms with Gasteiger partial charge >= 0.3 is 0 Å². The maximum absolute atomic E-state index is 10.2. The van der Waals surface area contributed by atoms with E-state index in [9.17, 15) is 56.2 Å². The molecule has 0 aromatic carbocycles. The van der Waals surface area contributed by atoms with Crippen LogP contribution >= 0.6 is 0 Å². The Balaban J connectivity index is 1.58. The van der Waals surface area contributed by atoms with Crippen molar-refractivity contribution < 1.29 is 79.9 Å². The minimum atomic E-state index is -1.82. The Morgan fingerprint density at radius 2 is 0.824 bits per heavy atom. The van der Waals surface area contributed by atoms with Crippen molar-refractivity contribution in [2.24, 2.45) is 0 Å². The third kappa shape index (κ3) is 5.68. The summed E-state index contributed by atoms with van der Waals surface area (Å²) in [6.07, 6.45) is -24.4. The van der Waals surface area contributed by atoms with Crippen LogP contribution < -0.4 is 0 Å². The van der Waals surface area contributed by atoms with Gasteiger partial charge in [0, 0.05) is 0 Å². The Hall–Kier alpha value is -0.640. The summed E-state index contributed by atoms with van der Waals surface area (Å²) >= 11 is 0. The maximum atomic E-state index is 10.2. The number of rotatable bonds is 7. The van der Waals surface area contributed by atoms with Crippen molar-refractivity contribution in [1.29, 1.82) is 0 Å². The quantitative estimate of drug-likeness (QED) is 0.154. The van der Waals surface area contributed by atoms with Crippen molar-refractivity contribution in [2.45, 2.75) is 92.1 Å². The zero-order valence-corrected chi connectivity index (χ0v) is 17.7. The van der Waals surface area contributed by atoms with Gasteiger partial charge < -0.3 is 79.9 Å². The van der Waals surface area contributed by atoms with Crippen molar-refractivity contribution in [3.05, 3.63) is 0 Å². The molecule has 0 radical (unpaired) electrons. The van der Waals surface area contributed by atoms with Gasteiger partial charge in [-0.15, -0.1) is 0 Å². The summed E-state index contributed by atoms with van der Waals surface area (Å²) in [5.41, 5.74) is 0. The Morgan fingerprint density at radius 3 is 1.29 bits per heavy atom. The fourth-order valence-corrected chi connectivity index (χ4v) is 3.84. The van der Waals surface area contributed by atoms with Gasteiger partial charge in [0.05, 0.1) is 19.8 Å². The molecule has 3 aliphatic heterocycles. The molecule has 15 atom stereocenters. The SMILES string of the molecule is OC[C@H]1O[C@H](OC[C@H]2O[C@H](OC[C@H]3O[C@@H](O)[C@H](O)[C@@H](O)[C@@H]3O)[C@H](O)[C@@H](O)[C@@H]2O)[C@H](O)[C@@H](O)[C@@H]1O. The summed E-state index contributed by atoms with van der Waals surface area (Å²) < 4.78 is 26.1. The highest BCUT2D eigenvalue weighted by atomic mass is 16.7. The summed E-state index contributed by atoms with van der Waals surface area (Å²) in [5, 5.41) is 108. The average Bonchev–Trinajstić information content (AvgIpc) is 2.82. The van der Waals surface area contributed by atoms with Crippen LogP contribution in [0.15, 0.2) is 0 Å². The summed E-state index contributed by atoms with van der Waals surface area (Å²) in [4.78, 5) is 0. The highest BCUT2D eigenvalue weighted by Gasteiger charge is 2.48. The van der Waals surface area contributed by atoms with E-state index in [0.717, 1.165) is 0 Å². The summed E-state index contributed by atoms with van der Waals surface area (Å²) in [7, 11) is 0. The van der Waals surface area contributed by atoms with E-state index in [4.69, 9.17) is 23.7 Å². The average molecular weight is 504 g/mol. The van der Waals surface area contributed by atoms with Crippen molar-refractivity contribution in [2.75, 3.05) is 19.8 Å². The van der Waals surface area contributed by atoms with Gasteiger partial charge in [-0.1, -0.05) is 0 Å². The number of ether oxygens (including phenoxy) is 5. The molecule has 3 heterocycles. The van der Waals surface area contributed by atoms with Crippen LogP contribution in [-0.4, -0.2) is 168 Å². The lowest BCUT2D eigenvalue weighted by Crippen LogP contribution is -2.62. The highest BCUT2D eigenvalue weighted by molar-refractivity contribution is 4.92. The molecule has 0 spiro atoms. The summed E-state index contributed by atoms with van der Waals surface area (Å²) in [5.74, 6) is 0. The minimum Gasteiger partial charge on any atom is -0.394 e. The molecule has 16 heteroatoms. The Labute approximate surface area is 192 Å². The molecule has 3 rings (SSSR count). The molecule has 0 aliphatic carbocycles. The second-order valence-electron chi connectivity index (χ2n) is 8.42. The molecule has 3 fully saturated rings. The van der Waals surface area contributed by atoms with E-state index >= 15 is 0 Å². The third-order valence-electron chi connectivity index (χ3n) is 6.05. The first kappa shape index (κ1) is 27.9. The molecule has 0 aromatic rings. The van der Waals surface area contributed by atoms with E-state index in [-0.39, 0.29) is 0 Å². The van der Waals surface area contributed by atoms with E-state index in [1.54, 1.807) is 0 Å². The standard InChI is InChI=1S/C18H32O16/c19-1-4-7(20)11(24)14(27)17(33-4)31-3-6-9(22)12(25)15(28)18(34-6)30-2-5-8(21)10(23)13(26)16(29)32-5/h4-29H,1-3H2/t4-,5-,6-,7-,8-,9-,10+,11+,12+,13-,14-,15-,16-,17+,18+/m1/s1. The van der Waals surface area contributed by atoms with Crippen LogP contribution in [0.5, 0.6) is 0 Å². The smallest absolute Gasteiger partial charge is 0.186 e. The molecule has 11 N–H and O–H groups in total. The molecular weight excluding hydrogens is 472 g/mol. The van der Waals surface area contributed by atoms with Gasteiger partial charge in [-0.05, 0) is 0 Å². The molecule has 16 nitrogen and oxygen atoms in total. The molecule has 0 amide bonds. The lowest BCUT2D eigenvalue weighted by Gasteiger charge is -2.43. The van der Waals surface area contributed by atoms with Gasteiger partial charge in [0.25, 0.3) is 0 Å². The van der Waals surface area contributed by atoms with Crippen LogP contribution in [0.4, 0.5) is 0 Å². The molecule has 3 aliphatic rings. The van der Waals surface area contributed by atoms with Gasteiger partial charge in [-0.25, -0.2) is 0 Å². The minimum absolute atomic E-state index is 0.570. The third-order valence-corrected chi connectivity index (χ3v) is 6.05. The molecule has 0 aromatic heterocycles. The number of hydrogen-bond donors (Lipinski definition) is 11. The summed E-state index contributed by atoms with van der Waals surface area (Å²) in [6.45, 7) is -1.84. The number of aliphatic hydroxyl groups excluding tert-OH is 11. The van der Waals surface area contributed by atoms with Gasteiger partial charge in [0.2, 0.25) is 0 Å². The van der Waals surface area contributed by atoms with E-state index in [2.05, 4.69) is 0 Å². The van der Waals surface area contributed by atoms with Gasteiger partial charge in [0.15, 0.2) is 18.9 Å². The fourth-order valence-electron chi connectivity index (χ4n) is 3.84. The zero-order chi connectivity index (χ0) is 25.3. The van der Waals surface area contributed by atoms with E-state index in [0.29, 0.717) is 0 Å². The molecule has 0 bridgehead atoms. The first-order valence-corrected chi connectivity index (χ1v) is 10.6. The van der Waals surface area contributed by atoms with Crippen LogP contribution in [0.2, 0.25) is 0 Å². The molecule has 0 unspecified atom stereocenters. The van der Waals surface area contributed by atoms with Crippen LogP contribution in [0.3, 0.4) is 0 Å². The fraction of sp³-hybridized carbons (Fsp3) is 1.00. The van der Waals surface area contributed by atoms with Crippen LogP contribution in [0.1, 0.15) is 0 Å². The monoisotopic (exact) mass is 504 g/mol. The largest absolute Gasteiger partial charge is 0.394 e. The second kappa shape index (κ2) is 11.6. The molecule has 34 heavy (non-hydrogen) atoms. The zero-order valence-electron chi connectivity index (χ0n) is 17.7. The number of hydrogen-bond acceptors (Lipinski definition) is 16. The van der Waals surface area contributed by atoms with Crippen LogP contribution in [0, 0.1) is 0 Å². The van der Waals surface area contributed by atoms with Crippen molar-refractivity contribution in [3.63, 3.8) is 0 Å². The molecule has 200 valence electrons. The van der Waals surface area contributed by atoms with Crippen LogP contribution in [-0.2, 0) is 23.7 Å². The first-order chi connectivity index (χ1) is 16.0. The Bertz CT molecular complexity index is 639. The first-order valence-electron chi connectivity index (χ1n) is 10.6. The van der Waals surface area contributed by atoms with Crippen molar-refractivity contribution >= 4 is 0 Å². The molecular formula is C18H32O16. The summed E-state index contributed by atoms with van der Waals surface area (Å²) in [6, 6.07) is 0.